The number of aromatic nitrogens is 2. The van der Waals surface area contributed by atoms with Crippen molar-refractivity contribution in [2.24, 2.45) is 0 Å². The van der Waals surface area contributed by atoms with Gasteiger partial charge in [0.2, 0.25) is 0 Å². The monoisotopic (exact) mass is 174 g/mol. The van der Waals surface area contributed by atoms with Gasteiger partial charge >= 0.3 is 0 Å². The van der Waals surface area contributed by atoms with E-state index in [4.69, 9.17) is 0 Å². The van der Waals surface area contributed by atoms with Crippen molar-refractivity contribution in [1.29, 1.82) is 0 Å². The Labute approximate surface area is 78.6 Å². The lowest BCUT2D eigenvalue weighted by atomic mass is 10.0. The van der Waals surface area contributed by atoms with Crippen LogP contribution in [0.15, 0.2) is 36.6 Å². The molecule has 0 aromatic carbocycles. The zero-order valence-electron chi connectivity index (χ0n) is 7.69. The van der Waals surface area contributed by atoms with Crippen LogP contribution in [0.2, 0.25) is 0 Å². The Kier molecular flexibility index (Phi) is 2.63. The molecule has 1 unspecified atom stereocenters. The Morgan fingerprint density at radius 1 is 1.38 bits per heavy atom. The van der Waals surface area contributed by atoms with Crippen molar-refractivity contribution in [3.05, 3.63) is 36.6 Å². The van der Waals surface area contributed by atoms with Crippen LogP contribution in [0, 0.1) is 0 Å². The topological polar surface area (TPSA) is 17.8 Å². The van der Waals surface area contributed by atoms with Crippen LogP contribution >= 0.6 is 0 Å². The second-order valence-corrected chi connectivity index (χ2v) is 3.41. The number of allylic oxidation sites excluding steroid dienone is 1. The fourth-order valence-electron chi connectivity index (χ4n) is 1.70. The van der Waals surface area contributed by atoms with E-state index < -0.39 is 0 Å². The first-order valence-corrected chi connectivity index (χ1v) is 4.83. The van der Waals surface area contributed by atoms with Crippen molar-refractivity contribution < 1.29 is 0 Å². The smallest absolute Gasteiger partial charge is 0.0948 e. The van der Waals surface area contributed by atoms with E-state index in [-0.39, 0.29) is 0 Å². The van der Waals surface area contributed by atoms with Crippen LogP contribution < -0.4 is 0 Å². The molecule has 0 N–H and O–H groups in total. The van der Waals surface area contributed by atoms with Crippen molar-refractivity contribution in [3.63, 3.8) is 0 Å². The first-order valence-electron chi connectivity index (χ1n) is 4.83. The molecule has 1 aromatic heterocycles. The van der Waals surface area contributed by atoms with Gasteiger partial charge in [-0.05, 0) is 37.8 Å². The zero-order valence-corrected chi connectivity index (χ0v) is 7.69. The zero-order chi connectivity index (χ0) is 8.93. The highest BCUT2D eigenvalue weighted by Gasteiger charge is 2.08. The molecule has 1 aliphatic rings. The quantitative estimate of drug-likeness (QED) is 0.598. The van der Waals surface area contributed by atoms with Crippen LogP contribution in [0.25, 0.3) is 0 Å². The summed E-state index contributed by atoms with van der Waals surface area (Å²) in [6, 6.07) is 0.587. The van der Waals surface area contributed by atoms with Crippen LogP contribution in [-0.4, -0.2) is 9.55 Å². The Morgan fingerprint density at radius 2 is 2.38 bits per heavy atom. The van der Waals surface area contributed by atoms with Gasteiger partial charge < -0.3 is 4.57 Å². The summed E-state index contributed by atoms with van der Waals surface area (Å²) in [5.41, 5.74) is 3.20. The number of hydrogen-bond acceptors (Lipinski definition) is 1. The molecule has 0 amide bonds. The van der Waals surface area contributed by atoms with Gasteiger partial charge in [-0.15, -0.1) is 5.73 Å². The molecule has 0 bridgehead atoms. The van der Waals surface area contributed by atoms with E-state index in [1.54, 1.807) is 0 Å². The van der Waals surface area contributed by atoms with Crippen molar-refractivity contribution in [2.45, 2.75) is 31.7 Å². The molecular formula is C11H14N2. The van der Waals surface area contributed by atoms with E-state index in [9.17, 15) is 0 Å². The summed E-state index contributed by atoms with van der Waals surface area (Å²) in [7, 11) is 0. The van der Waals surface area contributed by atoms with E-state index in [1.807, 2.05) is 18.7 Å². The Hall–Kier alpha value is -1.27. The van der Waals surface area contributed by atoms with Gasteiger partial charge in [0.1, 0.15) is 0 Å². The highest BCUT2D eigenvalue weighted by atomic mass is 15.0. The summed E-state index contributed by atoms with van der Waals surface area (Å²) in [5, 5.41) is 0. The average Bonchev–Trinajstić information content (AvgIpc) is 2.55. The Morgan fingerprint density at radius 3 is 3.23 bits per heavy atom. The van der Waals surface area contributed by atoms with E-state index in [2.05, 4.69) is 27.4 Å². The van der Waals surface area contributed by atoms with Crippen molar-refractivity contribution in [2.75, 3.05) is 0 Å². The summed E-state index contributed by atoms with van der Waals surface area (Å²) in [4.78, 5) is 4.07. The lowest BCUT2D eigenvalue weighted by Crippen LogP contribution is -2.06. The number of rotatable bonds is 1. The minimum atomic E-state index is 0.587. The van der Waals surface area contributed by atoms with Crippen LogP contribution in [0.5, 0.6) is 0 Å². The van der Waals surface area contributed by atoms with Gasteiger partial charge in [-0.3, -0.25) is 0 Å². The Bertz CT molecular complexity index is 305. The highest BCUT2D eigenvalue weighted by molar-refractivity contribution is 4.92. The Balaban J connectivity index is 2.11. The molecule has 2 heteroatoms. The minimum absolute atomic E-state index is 0.587. The summed E-state index contributed by atoms with van der Waals surface area (Å²) >= 11 is 0. The molecule has 0 saturated heterocycles. The van der Waals surface area contributed by atoms with Crippen LogP contribution in [0.4, 0.5) is 0 Å². The predicted octanol–water partition coefficient (Wildman–Crippen LogP) is 2.71. The van der Waals surface area contributed by atoms with Gasteiger partial charge in [-0.1, -0.05) is 0 Å². The molecule has 1 aliphatic carbocycles. The summed E-state index contributed by atoms with van der Waals surface area (Å²) in [6.07, 6.45) is 14.8. The van der Waals surface area contributed by atoms with E-state index in [0.717, 1.165) is 12.8 Å². The lowest BCUT2D eigenvalue weighted by molar-refractivity contribution is 0.455. The molecular weight excluding hydrogens is 160 g/mol. The molecule has 1 atom stereocenters. The molecule has 68 valence electrons. The number of nitrogens with zero attached hydrogens (tertiary/aromatic N) is 2. The number of imidazole rings is 1. The molecule has 2 nitrogen and oxygen atoms in total. The maximum absolute atomic E-state index is 4.07. The van der Waals surface area contributed by atoms with Crippen LogP contribution in [0.1, 0.15) is 31.7 Å². The molecule has 0 saturated carbocycles. The van der Waals surface area contributed by atoms with Gasteiger partial charge in [0.25, 0.3) is 0 Å². The standard InChI is InChI=1S/C11H14N2/c1-2-4-6-11(7-5-3-1)13-9-8-12-10-13/h1,5,8-11H,2,4,6-7H2. The maximum Gasteiger partial charge on any atom is 0.0948 e. The van der Waals surface area contributed by atoms with Crippen molar-refractivity contribution in [3.8, 4) is 0 Å². The first kappa shape index (κ1) is 8.33. The molecule has 2 rings (SSSR count). The molecule has 0 aliphatic heterocycles. The normalized spacial score (nSPS) is 22.6. The fourth-order valence-corrected chi connectivity index (χ4v) is 1.70. The van der Waals surface area contributed by atoms with Gasteiger partial charge in [0.05, 0.1) is 6.33 Å². The lowest BCUT2D eigenvalue weighted by Gasteiger charge is -2.16. The minimum Gasteiger partial charge on any atom is -0.334 e. The predicted molar refractivity (Wildman–Crippen MR) is 52.4 cm³/mol. The van der Waals surface area contributed by atoms with E-state index >= 15 is 0 Å². The fraction of sp³-hybridized carbons (Fsp3) is 0.455. The molecule has 1 heterocycles. The highest BCUT2D eigenvalue weighted by Crippen LogP contribution is 2.20. The third-order valence-electron chi connectivity index (χ3n) is 2.46. The molecule has 1 aromatic rings. The summed E-state index contributed by atoms with van der Waals surface area (Å²) in [6.45, 7) is 0. The summed E-state index contributed by atoms with van der Waals surface area (Å²) < 4.78 is 2.20. The molecule has 0 spiro atoms. The molecule has 0 fully saturated rings. The number of hydrogen-bond donors (Lipinski definition) is 0. The second-order valence-electron chi connectivity index (χ2n) is 3.41. The van der Waals surface area contributed by atoms with Gasteiger partial charge in [-0.2, -0.15) is 0 Å². The van der Waals surface area contributed by atoms with Gasteiger partial charge in [-0.25, -0.2) is 4.98 Å². The molecule has 13 heavy (non-hydrogen) atoms. The largest absolute Gasteiger partial charge is 0.334 e. The third kappa shape index (κ3) is 2.10. The summed E-state index contributed by atoms with van der Waals surface area (Å²) in [5.74, 6) is 0. The van der Waals surface area contributed by atoms with E-state index in [1.165, 1.54) is 12.8 Å². The van der Waals surface area contributed by atoms with Crippen molar-refractivity contribution >= 4 is 0 Å². The van der Waals surface area contributed by atoms with E-state index in [0.29, 0.717) is 6.04 Å². The van der Waals surface area contributed by atoms with Crippen LogP contribution in [-0.2, 0) is 0 Å². The molecule has 0 radical (unpaired) electrons. The van der Waals surface area contributed by atoms with Gasteiger partial charge in [0, 0.05) is 18.4 Å². The second kappa shape index (κ2) is 4.11. The SMILES string of the molecule is C1=CCCCC(n2ccnc2)CC=1. The third-order valence-corrected chi connectivity index (χ3v) is 2.46. The van der Waals surface area contributed by atoms with Crippen LogP contribution in [0.3, 0.4) is 0 Å². The first-order chi connectivity index (χ1) is 6.47. The maximum atomic E-state index is 4.07. The van der Waals surface area contributed by atoms with Crippen molar-refractivity contribution in [1.82, 2.24) is 9.55 Å². The average molecular weight is 174 g/mol. The van der Waals surface area contributed by atoms with Gasteiger partial charge in [0.15, 0.2) is 0 Å².